The van der Waals surface area contributed by atoms with Gasteiger partial charge in [0.05, 0.1) is 0 Å². The van der Waals surface area contributed by atoms with Crippen molar-refractivity contribution in [3.63, 3.8) is 0 Å². The lowest BCUT2D eigenvalue weighted by atomic mass is 9.91. The number of hydrazine groups is 2. The molecular formula is C10H23N3O3. The maximum atomic E-state index is 5.62. The molecule has 3 N–H and O–H groups in total. The first kappa shape index (κ1) is 13.8. The van der Waals surface area contributed by atoms with E-state index in [9.17, 15) is 0 Å². The third-order valence-corrected chi connectivity index (χ3v) is 3.18. The molecule has 1 atom stereocenters. The normalized spacial score (nSPS) is 21.0. The van der Waals surface area contributed by atoms with Crippen LogP contribution in [0.4, 0.5) is 0 Å². The van der Waals surface area contributed by atoms with Crippen molar-refractivity contribution in [3.8, 4) is 0 Å². The smallest absolute Gasteiger partial charge is 0.199 e. The highest BCUT2D eigenvalue weighted by molar-refractivity contribution is 4.90. The standard InChI is InChI=1S/C10H23N3O3/c1-5-9(14-2)10(15-3,16-4)8-6-11-13-12-7-8/h8-9,11-13H,5-7H2,1-4H3. The first-order valence-corrected chi connectivity index (χ1v) is 5.59. The molecule has 16 heavy (non-hydrogen) atoms. The Morgan fingerprint density at radius 3 is 2.12 bits per heavy atom. The van der Waals surface area contributed by atoms with Crippen LogP contribution in [0.2, 0.25) is 0 Å². The topological polar surface area (TPSA) is 63.8 Å². The highest BCUT2D eigenvalue weighted by Crippen LogP contribution is 2.30. The van der Waals surface area contributed by atoms with Crippen molar-refractivity contribution in [2.75, 3.05) is 34.4 Å². The highest BCUT2D eigenvalue weighted by atomic mass is 16.7. The maximum Gasteiger partial charge on any atom is 0.199 e. The van der Waals surface area contributed by atoms with E-state index in [1.165, 1.54) is 0 Å². The summed E-state index contributed by atoms with van der Waals surface area (Å²) in [4.78, 5) is 0. The Morgan fingerprint density at radius 2 is 1.75 bits per heavy atom. The van der Waals surface area contributed by atoms with Gasteiger partial charge in [0.2, 0.25) is 0 Å². The first-order chi connectivity index (χ1) is 7.75. The second-order valence-corrected chi connectivity index (χ2v) is 3.85. The van der Waals surface area contributed by atoms with E-state index in [0.717, 1.165) is 19.5 Å². The van der Waals surface area contributed by atoms with Crippen LogP contribution in [0.25, 0.3) is 0 Å². The summed E-state index contributed by atoms with van der Waals surface area (Å²) in [5.41, 5.74) is 8.93. The van der Waals surface area contributed by atoms with E-state index in [1.807, 2.05) is 0 Å². The summed E-state index contributed by atoms with van der Waals surface area (Å²) in [5, 5.41) is 0. The zero-order valence-corrected chi connectivity index (χ0v) is 10.5. The molecular weight excluding hydrogens is 210 g/mol. The fourth-order valence-electron chi connectivity index (χ4n) is 2.33. The van der Waals surface area contributed by atoms with E-state index < -0.39 is 5.79 Å². The number of methoxy groups -OCH3 is 3. The summed E-state index contributed by atoms with van der Waals surface area (Å²) in [6.45, 7) is 3.58. The molecule has 96 valence electrons. The number of rotatable bonds is 6. The van der Waals surface area contributed by atoms with Crippen LogP contribution in [-0.4, -0.2) is 46.3 Å². The van der Waals surface area contributed by atoms with Gasteiger partial charge in [0.15, 0.2) is 5.79 Å². The van der Waals surface area contributed by atoms with Crippen molar-refractivity contribution in [1.82, 2.24) is 16.4 Å². The van der Waals surface area contributed by atoms with Gasteiger partial charge in [-0.3, -0.25) is 0 Å². The van der Waals surface area contributed by atoms with Gasteiger partial charge in [-0.2, -0.15) is 5.53 Å². The summed E-state index contributed by atoms with van der Waals surface area (Å²) >= 11 is 0. The predicted octanol–water partition coefficient (Wildman–Crippen LogP) is -0.371. The van der Waals surface area contributed by atoms with Crippen molar-refractivity contribution in [2.45, 2.75) is 25.2 Å². The lowest BCUT2D eigenvalue weighted by Crippen LogP contribution is -2.64. The highest BCUT2D eigenvalue weighted by Gasteiger charge is 2.46. The fraction of sp³-hybridized carbons (Fsp3) is 1.00. The summed E-state index contributed by atoms with van der Waals surface area (Å²) < 4.78 is 16.7. The Labute approximate surface area is 96.9 Å². The quantitative estimate of drug-likeness (QED) is 0.544. The Bertz CT molecular complexity index is 190. The molecule has 0 aromatic rings. The van der Waals surface area contributed by atoms with E-state index in [1.54, 1.807) is 21.3 Å². The van der Waals surface area contributed by atoms with Gasteiger partial charge >= 0.3 is 0 Å². The van der Waals surface area contributed by atoms with Gasteiger partial charge in [0.25, 0.3) is 0 Å². The third kappa shape index (κ3) is 2.53. The molecule has 1 saturated heterocycles. The largest absolute Gasteiger partial charge is 0.376 e. The molecule has 0 aliphatic carbocycles. The minimum atomic E-state index is -0.717. The molecule has 0 aromatic heterocycles. The van der Waals surface area contributed by atoms with Crippen molar-refractivity contribution in [1.29, 1.82) is 0 Å². The molecule has 6 heteroatoms. The molecule has 0 aromatic carbocycles. The second kappa shape index (κ2) is 6.48. The number of nitrogens with one attached hydrogen (secondary N) is 3. The van der Waals surface area contributed by atoms with Crippen LogP contribution in [0.1, 0.15) is 13.3 Å². The minimum Gasteiger partial charge on any atom is -0.376 e. The van der Waals surface area contributed by atoms with E-state index in [0.29, 0.717) is 0 Å². The van der Waals surface area contributed by atoms with Crippen LogP contribution in [0.15, 0.2) is 0 Å². The van der Waals surface area contributed by atoms with Gasteiger partial charge in [0, 0.05) is 40.3 Å². The summed E-state index contributed by atoms with van der Waals surface area (Å²) in [5.74, 6) is -0.542. The molecule has 0 bridgehead atoms. The molecule has 1 aliphatic rings. The van der Waals surface area contributed by atoms with Crippen molar-refractivity contribution in [2.24, 2.45) is 5.92 Å². The SMILES string of the molecule is CCC(OC)C(OC)(OC)C1CNNNC1. The molecule has 1 fully saturated rings. The maximum absolute atomic E-state index is 5.62. The van der Waals surface area contributed by atoms with Gasteiger partial charge in [-0.15, -0.1) is 0 Å². The second-order valence-electron chi connectivity index (χ2n) is 3.85. The predicted molar refractivity (Wildman–Crippen MR) is 60.5 cm³/mol. The molecule has 6 nitrogen and oxygen atoms in total. The zero-order valence-electron chi connectivity index (χ0n) is 10.5. The fourth-order valence-corrected chi connectivity index (χ4v) is 2.33. The van der Waals surface area contributed by atoms with Crippen LogP contribution in [0.5, 0.6) is 0 Å². The Balaban J connectivity index is 2.83. The molecule has 0 spiro atoms. The first-order valence-electron chi connectivity index (χ1n) is 5.59. The Hall–Kier alpha value is -0.240. The number of ether oxygens (including phenoxy) is 3. The van der Waals surface area contributed by atoms with Crippen molar-refractivity contribution < 1.29 is 14.2 Å². The van der Waals surface area contributed by atoms with Gasteiger partial charge in [-0.25, -0.2) is 10.9 Å². The van der Waals surface area contributed by atoms with Gasteiger partial charge < -0.3 is 14.2 Å². The monoisotopic (exact) mass is 233 g/mol. The summed E-state index contributed by atoms with van der Waals surface area (Å²) in [6.07, 6.45) is 0.747. The van der Waals surface area contributed by atoms with Crippen LogP contribution >= 0.6 is 0 Å². The third-order valence-electron chi connectivity index (χ3n) is 3.18. The number of hydrogen-bond acceptors (Lipinski definition) is 6. The van der Waals surface area contributed by atoms with Gasteiger partial charge in [-0.1, -0.05) is 6.92 Å². The Kier molecular flexibility index (Phi) is 5.60. The van der Waals surface area contributed by atoms with Crippen molar-refractivity contribution in [3.05, 3.63) is 0 Å². The van der Waals surface area contributed by atoms with E-state index in [2.05, 4.69) is 23.3 Å². The van der Waals surface area contributed by atoms with E-state index in [-0.39, 0.29) is 12.0 Å². The summed E-state index contributed by atoms with van der Waals surface area (Å²) in [7, 11) is 5.00. The average molecular weight is 233 g/mol. The van der Waals surface area contributed by atoms with Gasteiger partial charge in [0.1, 0.15) is 6.10 Å². The molecule has 0 radical (unpaired) electrons. The molecule has 0 amide bonds. The van der Waals surface area contributed by atoms with Crippen LogP contribution in [0, 0.1) is 5.92 Å². The van der Waals surface area contributed by atoms with E-state index in [4.69, 9.17) is 14.2 Å². The summed E-state index contributed by atoms with van der Waals surface area (Å²) in [6, 6.07) is 0. The lowest BCUT2D eigenvalue weighted by molar-refractivity contribution is -0.294. The molecule has 1 unspecified atom stereocenters. The molecule has 1 heterocycles. The number of hydrogen-bond donors (Lipinski definition) is 3. The molecule has 1 rings (SSSR count). The molecule has 0 saturated carbocycles. The van der Waals surface area contributed by atoms with Crippen LogP contribution in [-0.2, 0) is 14.2 Å². The minimum absolute atomic E-state index is 0.0887. The lowest BCUT2D eigenvalue weighted by Gasteiger charge is -2.44. The zero-order chi connectivity index (χ0) is 12.0. The van der Waals surface area contributed by atoms with Crippen molar-refractivity contribution >= 4 is 0 Å². The van der Waals surface area contributed by atoms with E-state index >= 15 is 0 Å². The van der Waals surface area contributed by atoms with Gasteiger partial charge in [-0.05, 0) is 6.42 Å². The average Bonchev–Trinajstić information content (AvgIpc) is 2.37. The Morgan fingerprint density at radius 1 is 1.19 bits per heavy atom. The van der Waals surface area contributed by atoms with Crippen LogP contribution in [0.3, 0.4) is 0 Å². The van der Waals surface area contributed by atoms with Crippen LogP contribution < -0.4 is 16.4 Å². The molecule has 1 aliphatic heterocycles.